The quantitative estimate of drug-likeness (QED) is 0.711. The van der Waals surface area contributed by atoms with Crippen molar-refractivity contribution in [2.75, 3.05) is 6.54 Å². The first-order chi connectivity index (χ1) is 6.27. The molecule has 0 saturated heterocycles. The summed E-state index contributed by atoms with van der Waals surface area (Å²) < 4.78 is 4.91. The first kappa shape index (κ1) is 9.51. The van der Waals surface area contributed by atoms with E-state index in [9.17, 15) is 9.59 Å². The maximum Gasteiger partial charge on any atom is 0.287 e. The van der Waals surface area contributed by atoms with E-state index in [-0.39, 0.29) is 17.4 Å². The van der Waals surface area contributed by atoms with Crippen LogP contribution in [0.3, 0.4) is 0 Å². The number of nitrogens with one attached hydrogen (secondary N) is 1. The molecule has 1 N–H and O–H groups in total. The molecule has 13 heavy (non-hydrogen) atoms. The number of hydrogen-bond acceptors (Lipinski definition) is 3. The van der Waals surface area contributed by atoms with Gasteiger partial charge >= 0.3 is 0 Å². The number of furan rings is 1. The smallest absolute Gasteiger partial charge is 0.287 e. The molecule has 0 spiro atoms. The Morgan fingerprint density at radius 1 is 1.62 bits per heavy atom. The van der Waals surface area contributed by atoms with Gasteiger partial charge in [0, 0.05) is 6.54 Å². The fraction of sp³-hybridized carbons (Fsp3) is 0.333. The molecule has 1 aromatic heterocycles. The first-order valence-electron chi connectivity index (χ1n) is 4.11. The number of carbonyl (C=O) groups excluding carboxylic acids is 2. The fourth-order valence-electron chi connectivity index (χ4n) is 0.864. The monoisotopic (exact) mass is 181 g/mol. The zero-order valence-corrected chi connectivity index (χ0v) is 7.37. The molecule has 1 amide bonds. The maximum atomic E-state index is 11.2. The Bertz CT molecular complexity index is 304. The van der Waals surface area contributed by atoms with E-state index in [0.29, 0.717) is 12.8 Å². The van der Waals surface area contributed by atoms with Crippen molar-refractivity contribution in [3.8, 4) is 0 Å². The van der Waals surface area contributed by atoms with Crippen LogP contribution in [0.4, 0.5) is 0 Å². The minimum absolute atomic E-state index is 0.168. The summed E-state index contributed by atoms with van der Waals surface area (Å²) >= 11 is 0. The van der Waals surface area contributed by atoms with Gasteiger partial charge in [-0.3, -0.25) is 9.59 Å². The molecule has 0 fully saturated rings. The highest BCUT2D eigenvalue weighted by Gasteiger charge is 2.08. The second-order valence-electron chi connectivity index (χ2n) is 2.58. The van der Waals surface area contributed by atoms with Gasteiger partial charge in [-0.2, -0.15) is 0 Å². The average Bonchev–Trinajstić information content (AvgIpc) is 2.62. The summed E-state index contributed by atoms with van der Waals surface area (Å²) in [5.41, 5.74) is 0. The number of aldehydes is 1. The number of rotatable bonds is 4. The number of hydrogen-bond donors (Lipinski definition) is 1. The van der Waals surface area contributed by atoms with E-state index in [2.05, 4.69) is 5.32 Å². The van der Waals surface area contributed by atoms with Gasteiger partial charge in [-0.1, -0.05) is 6.92 Å². The van der Waals surface area contributed by atoms with Crippen molar-refractivity contribution in [1.29, 1.82) is 0 Å². The van der Waals surface area contributed by atoms with E-state index in [1.807, 2.05) is 6.92 Å². The Hall–Kier alpha value is -1.58. The van der Waals surface area contributed by atoms with Crippen LogP contribution in [0.25, 0.3) is 0 Å². The minimum Gasteiger partial charge on any atom is -0.448 e. The average molecular weight is 181 g/mol. The molecule has 4 heteroatoms. The molecule has 0 atom stereocenters. The topological polar surface area (TPSA) is 59.3 Å². The lowest BCUT2D eigenvalue weighted by atomic mass is 10.4. The lowest BCUT2D eigenvalue weighted by molar-refractivity contribution is 0.0923. The lowest BCUT2D eigenvalue weighted by Gasteiger charge is -1.98. The standard InChI is InChI=1S/C9H11NO3/c1-2-5-10-9(12)8-4-3-7(6-11)13-8/h3-4,6H,2,5H2,1H3,(H,10,12). The molecular formula is C9H11NO3. The van der Waals surface area contributed by atoms with Crippen molar-refractivity contribution in [2.45, 2.75) is 13.3 Å². The third kappa shape index (κ3) is 2.43. The summed E-state index contributed by atoms with van der Waals surface area (Å²) in [5.74, 6) is 0.0622. The van der Waals surface area contributed by atoms with E-state index in [1.165, 1.54) is 12.1 Å². The number of carbonyl (C=O) groups is 2. The van der Waals surface area contributed by atoms with Crippen molar-refractivity contribution in [1.82, 2.24) is 5.32 Å². The molecule has 4 nitrogen and oxygen atoms in total. The normalized spacial score (nSPS) is 9.62. The van der Waals surface area contributed by atoms with Gasteiger partial charge in [0.25, 0.3) is 5.91 Å². The minimum atomic E-state index is -0.282. The van der Waals surface area contributed by atoms with Crippen LogP contribution in [0.5, 0.6) is 0 Å². The van der Waals surface area contributed by atoms with Crippen LogP contribution in [0.1, 0.15) is 34.5 Å². The van der Waals surface area contributed by atoms with Crippen LogP contribution in [0, 0.1) is 0 Å². The fourth-order valence-corrected chi connectivity index (χ4v) is 0.864. The molecule has 0 aliphatic rings. The molecule has 0 unspecified atom stereocenters. The Labute approximate surface area is 75.9 Å². The second kappa shape index (κ2) is 4.45. The summed E-state index contributed by atoms with van der Waals surface area (Å²) in [6.07, 6.45) is 1.43. The molecule has 0 aliphatic carbocycles. The summed E-state index contributed by atoms with van der Waals surface area (Å²) in [7, 11) is 0. The molecule has 0 bridgehead atoms. The van der Waals surface area contributed by atoms with Gasteiger partial charge in [0.2, 0.25) is 0 Å². The highest BCUT2D eigenvalue weighted by atomic mass is 16.4. The first-order valence-corrected chi connectivity index (χ1v) is 4.11. The van der Waals surface area contributed by atoms with Crippen LogP contribution in [-0.2, 0) is 0 Å². The second-order valence-corrected chi connectivity index (χ2v) is 2.58. The summed E-state index contributed by atoms with van der Waals surface area (Å²) in [5, 5.41) is 2.64. The van der Waals surface area contributed by atoms with Gasteiger partial charge in [0.1, 0.15) is 0 Å². The molecule has 0 aromatic carbocycles. The molecular weight excluding hydrogens is 170 g/mol. The van der Waals surface area contributed by atoms with E-state index < -0.39 is 0 Å². The molecule has 0 saturated carbocycles. The van der Waals surface area contributed by atoms with Gasteiger partial charge in [-0.25, -0.2) is 0 Å². The van der Waals surface area contributed by atoms with Gasteiger partial charge in [-0.15, -0.1) is 0 Å². The van der Waals surface area contributed by atoms with Gasteiger partial charge in [-0.05, 0) is 18.6 Å². The Morgan fingerprint density at radius 3 is 2.92 bits per heavy atom. The molecule has 0 radical (unpaired) electrons. The maximum absolute atomic E-state index is 11.2. The largest absolute Gasteiger partial charge is 0.448 e. The van der Waals surface area contributed by atoms with Crippen molar-refractivity contribution < 1.29 is 14.0 Å². The molecule has 0 aliphatic heterocycles. The SMILES string of the molecule is CCCNC(=O)c1ccc(C=O)o1. The van der Waals surface area contributed by atoms with Crippen LogP contribution in [0.2, 0.25) is 0 Å². The van der Waals surface area contributed by atoms with E-state index in [4.69, 9.17) is 4.42 Å². The van der Waals surface area contributed by atoms with Crippen LogP contribution < -0.4 is 5.32 Å². The van der Waals surface area contributed by atoms with Gasteiger partial charge in [0.05, 0.1) is 0 Å². The van der Waals surface area contributed by atoms with E-state index >= 15 is 0 Å². The summed E-state index contributed by atoms with van der Waals surface area (Å²) in [6, 6.07) is 2.95. The Kier molecular flexibility index (Phi) is 3.25. The predicted molar refractivity (Wildman–Crippen MR) is 46.7 cm³/mol. The molecule has 1 rings (SSSR count). The van der Waals surface area contributed by atoms with E-state index in [1.54, 1.807) is 0 Å². The zero-order chi connectivity index (χ0) is 9.68. The third-order valence-corrected chi connectivity index (χ3v) is 1.50. The third-order valence-electron chi connectivity index (χ3n) is 1.50. The van der Waals surface area contributed by atoms with Crippen LogP contribution in [-0.4, -0.2) is 18.7 Å². The van der Waals surface area contributed by atoms with Crippen molar-refractivity contribution in [3.63, 3.8) is 0 Å². The number of amides is 1. The molecule has 1 aromatic rings. The van der Waals surface area contributed by atoms with Gasteiger partial charge in [0.15, 0.2) is 17.8 Å². The summed E-state index contributed by atoms with van der Waals surface area (Å²) in [4.78, 5) is 21.4. The highest BCUT2D eigenvalue weighted by molar-refractivity contribution is 5.92. The van der Waals surface area contributed by atoms with Crippen molar-refractivity contribution in [2.24, 2.45) is 0 Å². The molecule has 1 heterocycles. The highest BCUT2D eigenvalue weighted by Crippen LogP contribution is 2.04. The predicted octanol–water partition coefficient (Wildman–Crippen LogP) is 1.23. The van der Waals surface area contributed by atoms with Crippen molar-refractivity contribution >= 4 is 12.2 Å². The zero-order valence-electron chi connectivity index (χ0n) is 7.37. The van der Waals surface area contributed by atoms with Crippen LogP contribution >= 0.6 is 0 Å². The summed E-state index contributed by atoms with van der Waals surface area (Å²) in [6.45, 7) is 2.56. The van der Waals surface area contributed by atoms with Gasteiger partial charge < -0.3 is 9.73 Å². The molecule has 70 valence electrons. The Morgan fingerprint density at radius 2 is 2.38 bits per heavy atom. The van der Waals surface area contributed by atoms with Crippen LogP contribution in [0.15, 0.2) is 16.5 Å². The Balaban J connectivity index is 2.60. The van der Waals surface area contributed by atoms with Crippen molar-refractivity contribution in [3.05, 3.63) is 23.7 Å². The van der Waals surface area contributed by atoms with E-state index in [0.717, 1.165) is 6.42 Å². The lowest BCUT2D eigenvalue weighted by Crippen LogP contribution is -2.23.